The Labute approximate surface area is 156 Å². The molecule has 9 heteroatoms. The highest BCUT2D eigenvalue weighted by Crippen LogP contribution is 2.44. The molecule has 0 bridgehead atoms. The molecule has 0 saturated carbocycles. The van der Waals surface area contributed by atoms with E-state index in [2.05, 4.69) is 15.3 Å². The summed E-state index contributed by atoms with van der Waals surface area (Å²) in [7, 11) is 0. The van der Waals surface area contributed by atoms with E-state index in [1.54, 1.807) is 0 Å². The Morgan fingerprint density at radius 3 is 2.57 bits per heavy atom. The predicted molar refractivity (Wildman–Crippen MR) is 91.1 cm³/mol. The fourth-order valence-electron chi connectivity index (χ4n) is 3.23. The second-order valence-electron chi connectivity index (χ2n) is 6.28. The van der Waals surface area contributed by atoms with Gasteiger partial charge in [0.15, 0.2) is 5.82 Å². The first-order valence-corrected chi connectivity index (χ1v) is 8.44. The van der Waals surface area contributed by atoms with Crippen LogP contribution in [0, 0.1) is 5.82 Å². The van der Waals surface area contributed by atoms with E-state index in [0.717, 1.165) is 18.5 Å². The summed E-state index contributed by atoms with van der Waals surface area (Å²) in [4.78, 5) is 20.1. The molecule has 4 rings (SSSR count). The first-order valence-electron chi connectivity index (χ1n) is 8.44. The minimum Gasteiger partial charge on any atom is -0.455 e. The van der Waals surface area contributed by atoms with Crippen molar-refractivity contribution in [3.63, 3.8) is 0 Å². The number of nitrogens with one attached hydrogen (secondary N) is 1. The van der Waals surface area contributed by atoms with E-state index in [4.69, 9.17) is 4.42 Å². The lowest BCUT2D eigenvalue weighted by Crippen LogP contribution is -2.15. The molecule has 0 atom stereocenters. The molecule has 1 N–H and O–H groups in total. The van der Waals surface area contributed by atoms with Crippen LogP contribution in [0.25, 0.3) is 11.3 Å². The number of rotatable bonds is 3. The number of hydrogen-bond acceptors (Lipinski definition) is 4. The molecule has 1 aliphatic rings. The molecule has 0 spiro atoms. The lowest BCUT2D eigenvalue weighted by atomic mass is 10.1. The zero-order valence-corrected chi connectivity index (χ0v) is 14.3. The van der Waals surface area contributed by atoms with Crippen molar-refractivity contribution in [2.45, 2.75) is 25.4 Å². The molecule has 5 nitrogen and oxygen atoms in total. The summed E-state index contributed by atoms with van der Waals surface area (Å²) in [5, 5.41) is 2.37. The second-order valence-corrected chi connectivity index (χ2v) is 6.28. The van der Waals surface area contributed by atoms with Crippen LogP contribution in [-0.4, -0.2) is 15.9 Å². The van der Waals surface area contributed by atoms with E-state index in [0.29, 0.717) is 30.6 Å². The average molecular weight is 391 g/mol. The summed E-state index contributed by atoms with van der Waals surface area (Å²) < 4.78 is 58.7. The van der Waals surface area contributed by atoms with E-state index >= 15 is 0 Å². The lowest BCUT2D eigenvalue weighted by Gasteiger charge is -2.09. The van der Waals surface area contributed by atoms with Gasteiger partial charge in [-0.1, -0.05) is 12.1 Å². The van der Waals surface area contributed by atoms with Crippen LogP contribution in [0.5, 0.6) is 0 Å². The van der Waals surface area contributed by atoms with Gasteiger partial charge in [0.1, 0.15) is 11.6 Å². The number of fused-ring (bicyclic) bond motifs is 1. The number of hydrogen-bond donors (Lipinski definition) is 1. The van der Waals surface area contributed by atoms with Crippen molar-refractivity contribution >= 4 is 11.7 Å². The quantitative estimate of drug-likeness (QED) is 0.661. The summed E-state index contributed by atoms with van der Waals surface area (Å²) >= 11 is 0. The van der Waals surface area contributed by atoms with Crippen LogP contribution in [0.3, 0.4) is 0 Å². The number of furan rings is 1. The minimum atomic E-state index is -4.65. The van der Waals surface area contributed by atoms with Gasteiger partial charge in [-0.15, -0.1) is 0 Å². The summed E-state index contributed by atoms with van der Waals surface area (Å²) in [6.45, 7) is 0. The average Bonchev–Trinajstić information content (AvgIpc) is 3.23. The van der Waals surface area contributed by atoms with Crippen LogP contribution in [0.1, 0.15) is 33.9 Å². The molecule has 1 amide bonds. The summed E-state index contributed by atoms with van der Waals surface area (Å²) in [5.74, 6) is -2.21. The van der Waals surface area contributed by atoms with Crippen molar-refractivity contribution in [2.24, 2.45) is 0 Å². The lowest BCUT2D eigenvalue weighted by molar-refractivity contribution is -0.152. The van der Waals surface area contributed by atoms with Gasteiger partial charge in [0, 0.05) is 12.0 Å². The molecule has 28 heavy (non-hydrogen) atoms. The van der Waals surface area contributed by atoms with E-state index in [9.17, 15) is 22.4 Å². The van der Waals surface area contributed by atoms with Crippen LogP contribution in [-0.2, 0) is 19.0 Å². The number of halogens is 4. The van der Waals surface area contributed by atoms with Crippen molar-refractivity contribution in [1.82, 2.24) is 9.97 Å². The number of anilines is 1. The Kier molecular flexibility index (Phi) is 4.37. The SMILES string of the molecule is O=C(Nc1cnc(-c2c(C(F)(F)F)oc3c2CCC3)cn1)c1ccccc1F. The van der Waals surface area contributed by atoms with Crippen LogP contribution < -0.4 is 5.32 Å². The fraction of sp³-hybridized carbons (Fsp3) is 0.211. The van der Waals surface area contributed by atoms with Crippen molar-refractivity contribution in [3.05, 3.63) is 65.1 Å². The first kappa shape index (κ1) is 18.1. The highest BCUT2D eigenvalue weighted by molar-refractivity contribution is 6.03. The minimum absolute atomic E-state index is 0.00288. The fourth-order valence-corrected chi connectivity index (χ4v) is 3.23. The zero-order chi connectivity index (χ0) is 19.9. The standard InChI is InChI=1S/C19H13F4N3O2/c20-12-6-2-1-4-10(12)18(27)26-15-9-24-13(8-25-15)16-11-5-3-7-14(11)28-17(16)19(21,22)23/h1-2,4,6,8-9H,3,5,7H2,(H,25,26,27). The predicted octanol–water partition coefficient (Wildman–Crippen LogP) is 4.64. The molecule has 144 valence electrons. The molecule has 2 heterocycles. The maximum Gasteiger partial charge on any atom is 0.450 e. The Morgan fingerprint density at radius 1 is 1.11 bits per heavy atom. The smallest absolute Gasteiger partial charge is 0.450 e. The summed E-state index contributed by atoms with van der Waals surface area (Å²) in [6, 6.07) is 5.39. The maximum atomic E-state index is 13.7. The summed E-state index contributed by atoms with van der Waals surface area (Å²) in [6.07, 6.45) is -0.763. The molecule has 2 aromatic heterocycles. The van der Waals surface area contributed by atoms with E-state index in [-0.39, 0.29) is 22.6 Å². The van der Waals surface area contributed by atoms with Crippen LogP contribution in [0.4, 0.5) is 23.4 Å². The molecule has 0 saturated heterocycles. The van der Waals surface area contributed by atoms with Crippen molar-refractivity contribution < 1.29 is 26.8 Å². The van der Waals surface area contributed by atoms with Crippen molar-refractivity contribution in [2.75, 3.05) is 5.32 Å². The number of amides is 1. The Bertz CT molecular complexity index is 1040. The molecule has 1 aliphatic carbocycles. The van der Waals surface area contributed by atoms with Crippen LogP contribution in [0.15, 0.2) is 41.1 Å². The number of aromatic nitrogens is 2. The van der Waals surface area contributed by atoms with Gasteiger partial charge in [-0.2, -0.15) is 13.2 Å². The highest BCUT2D eigenvalue weighted by Gasteiger charge is 2.42. The number of benzene rings is 1. The molecule has 3 aromatic rings. The van der Waals surface area contributed by atoms with E-state index in [1.165, 1.54) is 18.2 Å². The molecule has 0 fully saturated rings. The monoisotopic (exact) mass is 391 g/mol. The van der Waals surface area contributed by atoms with Gasteiger partial charge in [0.25, 0.3) is 5.91 Å². The van der Waals surface area contributed by atoms with Gasteiger partial charge < -0.3 is 9.73 Å². The molecular formula is C19H13F4N3O2. The third kappa shape index (κ3) is 3.23. The van der Waals surface area contributed by atoms with Crippen LogP contribution >= 0.6 is 0 Å². The van der Waals surface area contributed by atoms with Gasteiger partial charge >= 0.3 is 6.18 Å². The maximum absolute atomic E-state index is 13.7. The Morgan fingerprint density at radius 2 is 1.89 bits per heavy atom. The zero-order valence-electron chi connectivity index (χ0n) is 14.3. The highest BCUT2D eigenvalue weighted by atomic mass is 19.4. The Hall–Kier alpha value is -3.23. The molecule has 0 radical (unpaired) electrons. The number of nitrogens with zero attached hydrogens (tertiary/aromatic N) is 2. The van der Waals surface area contributed by atoms with E-state index in [1.807, 2.05) is 0 Å². The normalized spacial score (nSPS) is 13.4. The topological polar surface area (TPSA) is 68.0 Å². The number of carbonyl (C=O) groups excluding carboxylic acids is 1. The Balaban J connectivity index is 1.63. The van der Waals surface area contributed by atoms with Crippen molar-refractivity contribution in [1.29, 1.82) is 0 Å². The third-order valence-electron chi connectivity index (χ3n) is 4.45. The molecular weight excluding hydrogens is 378 g/mol. The first-order chi connectivity index (χ1) is 13.3. The second kappa shape index (κ2) is 6.74. The number of aryl methyl sites for hydroxylation is 1. The van der Waals surface area contributed by atoms with Gasteiger partial charge in [0.05, 0.1) is 29.2 Å². The van der Waals surface area contributed by atoms with Gasteiger partial charge in [-0.25, -0.2) is 9.37 Å². The van der Waals surface area contributed by atoms with Gasteiger partial charge in [-0.05, 0) is 25.0 Å². The third-order valence-corrected chi connectivity index (χ3v) is 4.45. The van der Waals surface area contributed by atoms with Gasteiger partial charge in [0.2, 0.25) is 5.76 Å². The number of carbonyl (C=O) groups is 1. The molecule has 1 aromatic carbocycles. The van der Waals surface area contributed by atoms with E-state index < -0.39 is 23.7 Å². The van der Waals surface area contributed by atoms with Crippen LogP contribution in [0.2, 0.25) is 0 Å². The van der Waals surface area contributed by atoms with Gasteiger partial charge in [-0.3, -0.25) is 9.78 Å². The summed E-state index contributed by atoms with van der Waals surface area (Å²) in [5.41, 5.74) is 0.202. The number of alkyl halides is 3. The molecule has 0 unspecified atom stereocenters. The molecule has 0 aliphatic heterocycles. The largest absolute Gasteiger partial charge is 0.455 e. The van der Waals surface area contributed by atoms with Crippen molar-refractivity contribution in [3.8, 4) is 11.3 Å².